The number of carbonyl (C=O) groups excluding carboxylic acids is 1. The summed E-state index contributed by atoms with van der Waals surface area (Å²) in [6, 6.07) is 0.319. The molecule has 0 aromatic carbocycles. The molecule has 18 heavy (non-hydrogen) atoms. The van der Waals surface area contributed by atoms with E-state index in [0.717, 1.165) is 51.7 Å². The first-order chi connectivity index (χ1) is 8.69. The molecular weight excluding hydrogens is 228 g/mol. The maximum Gasteiger partial charge on any atom is 0.237 e. The minimum atomic E-state index is -0.0146. The van der Waals surface area contributed by atoms with E-state index in [1.807, 2.05) is 0 Å². The highest BCUT2D eigenvalue weighted by atomic mass is 16.5. The lowest BCUT2D eigenvalue weighted by Crippen LogP contribution is -2.51. The van der Waals surface area contributed by atoms with Gasteiger partial charge in [0.15, 0.2) is 0 Å². The van der Waals surface area contributed by atoms with E-state index in [1.54, 1.807) is 0 Å². The number of hydrogen-bond donors (Lipinski definition) is 2. The molecule has 2 fully saturated rings. The molecule has 4 nitrogen and oxygen atoms in total. The first-order valence-electron chi connectivity index (χ1n) is 7.37. The molecule has 0 aliphatic carbocycles. The summed E-state index contributed by atoms with van der Waals surface area (Å²) in [5.41, 5.74) is -0.0146. The highest BCUT2D eigenvalue weighted by molar-refractivity contribution is 5.82. The number of rotatable bonds is 4. The van der Waals surface area contributed by atoms with Gasteiger partial charge in [-0.3, -0.25) is 4.79 Å². The molecule has 1 unspecified atom stereocenters. The van der Waals surface area contributed by atoms with E-state index in [9.17, 15) is 4.79 Å². The zero-order chi connectivity index (χ0) is 13.0. The number of carbonyl (C=O) groups is 1. The molecule has 0 aromatic rings. The topological polar surface area (TPSA) is 50.4 Å². The summed E-state index contributed by atoms with van der Waals surface area (Å²) >= 11 is 0. The molecule has 2 saturated heterocycles. The Kier molecular flexibility index (Phi) is 4.62. The maximum atomic E-state index is 12.1. The third-order valence-electron chi connectivity index (χ3n) is 4.50. The van der Waals surface area contributed by atoms with Crippen LogP contribution in [0.5, 0.6) is 0 Å². The van der Waals surface area contributed by atoms with Crippen LogP contribution in [0, 0.1) is 0 Å². The van der Waals surface area contributed by atoms with Crippen LogP contribution in [0.3, 0.4) is 0 Å². The van der Waals surface area contributed by atoms with Crippen LogP contribution in [0.4, 0.5) is 0 Å². The van der Waals surface area contributed by atoms with Gasteiger partial charge in [0.2, 0.25) is 5.91 Å². The van der Waals surface area contributed by atoms with Crippen molar-refractivity contribution >= 4 is 5.91 Å². The maximum absolute atomic E-state index is 12.1. The quantitative estimate of drug-likeness (QED) is 0.801. The minimum Gasteiger partial charge on any atom is -0.375 e. The molecule has 104 valence electrons. The smallest absolute Gasteiger partial charge is 0.237 e. The Balaban J connectivity index is 1.87. The monoisotopic (exact) mass is 254 g/mol. The van der Waals surface area contributed by atoms with Crippen LogP contribution in [-0.2, 0) is 9.53 Å². The second kappa shape index (κ2) is 6.02. The van der Waals surface area contributed by atoms with Crippen LogP contribution in [-0.4, -0.2) is 36.7 Å². The lowest BCUT2D eigenvalue weighted by Gasteiger charge is -2.40. The van der Waals surface area contributed by atoms with Gasteiger partial charge in [-0.1, -0.05) is 13.8 Å². The van der Waals surface area contributed by atoms with E-state index in [0.29, 0.717) is 0 Å². The lowest BCUT2D eigenvalue weighted by molar-refractivity contribution is -0.127. The molecule has 0 aromatic heterocycles. The molecule has 2 aliphatic heterocycles. The Morgan fingerprint density at radius 2 is 2.17 bits per heavy atom. The van der Waals surface area contributed by atoms with E-state index in [4.69, 9.17) is 4.74 Å². The molecule has 4 heteroatoms. The van der Waals surface area contributed by atoms with Gasteiger partial charge in [-0.15, -0.1) is 0 Å². The average Bonchev–Trinajstić information content (AvgIpc) is 2.93. The van der Waals surface area contributed by atoms with Crippen molar-refractivity contribution in [2.24, 2.45) is 0 Å². The summed E-state index contributed by atoms with van der Waals surface area (Å²) in [5, 5.41) is 6.45. The second-order valence-corrected chi connectivity index (χ2v) is 5.59. The molecule has 0 saturated carbocycles. The average molecular weight is 254 g/mol. The first kappa shape index (κ1) is 13.8. The van der Waals surface area contributed by atoms with Gasteiger partial charge in [-0.25, -0.2) is 0 Å². The van der Waals surface area contributed by atoms with Crippen LogP contribution in [0.1, 0.15) is 52.4 Å². The molecule has 1 amide bonds. The molecule has 0 bridgehead atoms. The molecule has 2 aliphatic rings. The molecule has 2 rings (SSSR count). The zero-order valence-electron chi connectivity index (χ0n) is 11.6. The summed E-state index contributed by atoms with van der Waals surface area (Å²) in [5.74, 6) is 0.181. The van der Waals surface area contributed by atoms with Crippen molar-refractivity contribution in [2.75, 3.05) is 13.2 Å². The van der Waals surface area contributed by atoms with Crippen LogP contribution in [0.2, 0.25) is 0 Å². The highest BCUT2D eigenvalue weighted by Gasteiger charge is 2.35. The van der Waals surface area contributed by atoms with E-state index in [1.165, 1.54) is 0 Å². The van der Waals surface area contributed by atoms with Crippen molar-refractivity contribution in [3.63, 3.8) is 0 Å². The molecule has 0 radical (unpaired) electrons. The fraction of sp³-hybridized carbons (Fsp3) is 0.929. The van der Waals surface area contributed by atoms with Crippen molar-refractivity contribution in [3.8, 4) is 0 Å². The van der Waals surface area contributed by atoms with Crippen LogP contribution in [0.25, 0.3) is 0 Å². The summed E-state index contributed by atoms with van der Waals surface area (Å²) in [4.78, 5) is 12.1. The van der Waals surface area contributed by atoms with Crippen molar-refractivity contribution in [1.82, 2.24) is 10.6 Å². The SMILES string of the molecule is CCC1(CC)CC(NC(=O)[C@H]2CCCN2)CCO1. The Labute approximate surface area is 110 Å². The Bertz CT molecular complexity index is 284. The van der Waals surface area contributed by atoms with Crippen LogP contribution >= 0.6 is 0 Å². The van der Waals surface area contributed by atoms with E-state index in [2.05, 4.69) is 24.5 Å². The van der Waals surface area contributed by atoms with Gasteiger partial charge in [-0.05, 0) is 45.1 Å². The normalized spacial score (nSPS) is 31.2. The fourth-order valence-electron chi connectivity index (χ4n) is 3.10. The predicted molar refractivity (Wildman–Crippen MR) is 71.5 cm³/mol. The van der Waals surface area contributed by atoms with E-state index in [-0.39, 0.29) is 23.6 Å². The number of hydrogen-bond acceptors (Lipinski definition) is 3. The molecule has 2 atom stereocenters. The van der Waals surface area contributed by atoms with Crippen molar-refractivity contribution in [1.29, 1.82) is 0 Å². The van der Waals surface area contributed by atoms with Crippen LogP contribution in [0.15, 0.2) is 0 Å². The number of ether oxygens (including phenoxy) is 1. The molecular formula is C14H26N2O2. The first-order valence-corrected chi connectivity index (χ1v) is 7.37. The van der Waals surface area contributed by atoms with Gasteiger partial charge in [-0.2, -0.15) is 0 Å². The molecule has 2 N–H and O–H groups in total. The second-order valence-electron chi connectivity index (χ2n) is 5.59. The van der Waals surface area contributed by atoms with Gasteiger partial charge in [0.05, 0.1) is 11.6 Å². The fourth-order valence-corrected chi connectivity index (χ4v) is 3.10. The van der Waals surface area contributed by atoms with Crippen LogP contribution < -0.4 is 10.6 Å². The van der Waals surface area contributed by atoms with E-state index >= 15 is 0 Å². The standard InChI is InChI=1S/C14H26N2O2/c1-3-14(4-2)10-11(7-9-18-14)16-13(17)12-6-5-8-15-12/h11-12,15H,3-10H2,1-2H3,(H,16,17)/t11?,12-/m1/s1. The zero-order valence-corrected chi connectivity index (χ0v) is 11.6. The summed E-state index contributed by atoms with van der Waals surface area (Å²) < 4.78 is 5.93. The minimum absolute atomic E-state index is 0.0146. The van der Waals surface area contributed by atoms with Gasteiger partial charge < -0.3 is 15.4 Å². The summed E-state index contributed by atoms with van der Waals surface area (Å²) in [6.45, 7) is 6.09. The third kappa shape index (κ3) is 3.04. The lowest BCUT2D eigenvalue weighted by atomic mass is 9.86. The molecule has 2 heterocycles. The summed E-state index contributed by atoms with van der Waals surface area (Å²) in [6.07, 6.45) is 6.04. The van der Waals surface area contributed by atoms with Crippen molar-refractivity contribution in [3.05, 3.63) is 0 Å². The number of amides is 1. The third-order valence-corrected chi connectivity index (χ3v) is 4.50. The largest absolute Gasteiger partial charge is 0.375 e. The van der Waals surface area contributed by atoms with Gasteiger partial charge in [0.25, 0.3) is 0 Å². The van der Waals surface area contributed by atoms with Gasteiger partial charge in [0, 0.05) is 12.6 Å². The highest BCUT2D eigenvalue weighted by Crippen LogP contribution is 2.31. The molecule has 0 spiro atoms. The Morgan fingerprint density at radius 1 is 1.39 bits per heavy atom. The summed E-state index contributed by atoms with van der Waals surface area (Å²) in [7, 11) is 0. The van der Waals surface area contributed by atoms with Crippen molar-refractivity contribution in [2.45, 2.75) is 70.1 Å². The van der Waals surface area contributed by atoms with Gasteiger partial charge in [0.1, 0.15) is 0 Å². The van der Waals surface area contributed by atoms with Gasteiger partial charge >= 0.3 is 0 Å². The van der Waals surface area contributed by atoms with Crippen molar-refractivity contribution < 1.29 is 9.53 Å². The predicted octanol–water partition coefficient (Wildman–Crippen LogP) is 1.59. The Morgan fingerprint density at radius 3 is 2.78 bits per heavy atom. The Hall–Kier alpha value is -0.610. The van der Waals surface area contributed by atoms with E-state index < -0.39 is 0 Å². The number of nitrogens with one attached hydrogen (secondary N) is 2.